The summed E-state index contributed by atoms with van der Waals surface area (Å²) in [5.74, 6) is 0. The number of thiocarbonyl (C=S) groups is 1. The van der Waals surface area contributed by atoms with Crippen molar-refractivity contribution in [1.82, 2.24) is 14.8 Å². The van der Waals surface area contributed by atoms with Crippen molar-refractivity contribution >= 4 is 23.0 Å². The van der Waals surface area contributed by atoms with Crippen LogP contribution in [0.15, 0.2) is 42.6 Å². The van der Waals surface area contributed by atoms with Gasteiger partial charge < -0.3 is 14.8 Å². The molecule has 1 atom stereocenters. The standard InChI is InChI=1S/C18H22N4O2S/c1-18(2,3)19-17(25)21-11-10-20-9-5-8-15(20)16(21)13-6-4-7-14(12-13)22(23)24/h4-9,12,16H,10-11H2,1-3H3,(H,19,25)/t16-/m1/s1. The monoisotopic (exact) mass is 358 g/mol. The summed E-state index contributed by atoms with van der Waals surface area (Å²) in [5, 5.41) is 15.2. The maximum Gasteiger partial charge on any atom is 0.269 e. The van der Waals surface area contributed by atoms with Crippen molar-refractivity contribution in [2.45, 2.75) is 38.9 Å². The first-order chi connectivity index (χ1) is 11.8. The summed E-state index contributed by atoms with van der Waals surface area (Å²) in [6.07, 6.45) is 2.04. The van der Waals surface area contributed by atoms with Crippen LogP contribution in [0.1, 0.15) is 38.1 Å². The smallest absolute Gasteiger partial charge is 0.269 e. The molecule has 2 heterocycles. The SMILES string of the molecule is CC(C)(C)NC(=S)N1CCn2cccc2[C@H]1c1cccc([N+](=O)[O-])c1. The molecule has 0 bridgehead atoms. The van der Waals surface area contributed by atoms with Crippen LogP contribution in [0.25, 0.3) is 0 Å². The summed E-state index contributed by atoms with van der Waals surface area (Å²) in [7, 11) is 0. The summed E-state index contributed by atoms with van der Waals surface area (Å²) in [5.41, 5.74) is 1.90. The predicted molar refractivity (Wildman–Crippen MR) is 102 cm³/mol. The summed E-state index contributed by atoms with van der Waals surface area (Å²) in [6, 6.07) is 10.7. The highest BCUT2D eigenvalue weighted by Crippen LogP contribution is 2.34. The van der Waals surface area contributed by atoms with E-state index < -0.39 is 0 Å². The largest absolute Gasteiger partial charge is 0.358 e. The number of non-ortho nitro benzene ring substituents is 1. The van der Waals surface area contributed by atoms with Crippen LogP contribution >= 0.6 is 12.2 Å². The Kier molecular flexibility index (Phi) is 4.51. The number of nitrogens with zero attached hydrogens (tertiary/aromatic N) is 3. The van der Waals surface area contributed by atoms with Crippen molar-refractivity contribution in [3.05, 3.63) is 64.0 Å². The Hall–Kier alpha value is -2.41. The topological polar surface area (TPSA) is 63.3 Å². The summed E-state index contributed by atoms with van der Waals surface area (Å²) >= 11 is 5.66. The van der Waals surface area contributed by atoms with E-state index in [9.17, 15) is 10.1 Å². The molecule has 1 N–H and O–H groups in total. The Bertz CT molecular complexity index is 809. The van der Waals surface area contributed by atoms with E-state index in [2.05, 4.69) is 41.6 Å². The zero-order valence-corrected chi connectivity index (χ0v) is 15.4. The molecule has 6 nitrogen and oxygen atoms in total. The van der Waals surface area contributed by atoms with Crippen molar-refractivity contribution in [2.75, 3.05) is 6.54 Å². The molecule has 0 aliphatic carbocycles. The lowest BCUT2D eigenvalue weighted by Crippen LogP contribution is -2.52. The molecule has 132 valence electrons. The maximum atomic E-state index is 11.2. The summed E-state index contributed by atoms with van der Waals surface area (Å²) in [4.78, 5) is 12.9. The number of nitrogens with one attached hydrogen (secondary N) is 1. The Balaban J connectivity index is 2.03. The first-order valence-electron chi connectivity index (χ1n) is 8.24. The number of hydrogen-bond acceptors (Lipinski definition) is 3. The zero-order chi connectivity index (χ0) is 18.2. The minimum Gasteiger partial charge on any atom is -0.358 e. The molecule has 0 unspecified atom stereocenters. The van der Waals surface area contributed by atoms with Crippen LogP contribution in [0, 0.1) is 10.1 Å². The van der Waals surface area contributed by atoms with Gasteiger partial charge in [0.1, 0.15) is 0 Å². The number of aromatic nitrogens is 1. The molecule has 7 heteroatoms. The van der Waals surface area contributed by atoms with Crippen LogP contribution < -0.4 is 5.32 Å². The minimum atomic E-state index is -0.360. The van der Waals surface area contributed by atoms with Gasteiger partial charge in [-0.15, -0.1) is 0 Å². The number of nitro benzene ring substituents is 1. The third-order valence-corrected chi connectivity index (χ3v) is 4.51. The number of fused-ring (bicyclic) bond motifs is 1. The van der Waals surface area contributed by atoms with E-state index in [0.29, 0.717) is 5.11 Å². The average molecular weight is 358 g/mol. The van der Waals surface area contributed by atoms with Crippen molar-refractivity contribution in [2.24, 2.45) is 0 Å². The molecule has 0 radical (unpaired) electrons. The average Bonchev–Trinajstić information content (AvgIpc) is 3.00. The zero-order valence-electron chi connectivity index (χ0n) is 14.6. The van der Waals surface area contributed by atoms with E-state index in [1.165, 1.54) is 6.07 Å². The highest BCUT2D eigenvalue weighted by molar-refractivity contribution is 7.80. The van der Waals surface area contributed by atoms with Gasteiger partial charge in [-0.2, -0.15) is 0 Å². The fraction of sp³-hybridized carbons (Fsp3) is 0.389. The Morgan fingerprint density at radius 1 is 1.28 bits per heavy atom. The van der Waals surface area contributed by atoms with E-state index in [4.69, 9.17) is 12.2 Å². The second kappa shape index (κ2) is 6.48. The molecule has 1 aliphatic heterocycles. The van der Waals surface area contributed by atoms with Gasteiger partial charge in [0, 0.05) is 42.7 Å². The van der Waals surface area contributed by atoms with Crippen LogP contribution in [0.2, 0.25) is 0 Å². The van der Waals surface area contributed by atoms with Gasteiger partial charge in [0.05, 0.1) is 11.0 Å². The Morgan fingerprint density at radius 2 is 2.04 bits per heavy atom. The second-order valence-corrected chi connectivity index (χ2v) is 7.64. The highest BCUT2D eigenvalue weighted by Gasteiger charge is 2.32. The normalized spacial score (nSPS) is 17.1. The van der Waals surface area contributed by atoms with Crippen LogP contribution in [0.4, 0.5) is 5.69 Å². The van der Waals surface area contributed by atoms with E-state index in [1.807, 2.05) is 18.3 Å². The van der Waals surface area contributed by atoms with E-state index in [1.54, 1.807) is 12.1 Å². The predicted octanol–water partition coefficient (Wildman–Crippen LogP) is 3.47. The first-order valence-corrected chi connectivity index (χ1v) is 8.65. The molecular formula is C18H22N4O2S. The number of rotatable bonds is 2. The summed E-state index contributed by atoms with van der Waals surface area (Å²) < 4.78 is 2.18. The lowest BCUT2D eigenvalue weighted by atomic mass is 9.99. The van der Waals surface area contributed by atoms with E-state index in [0.717, 1.165) is 24.3 Å². The molecule has 0 amide bonds. The fourth-order valence-electron chi connectivity index (χ4n) is 3.15. The fourth-order valence-corrected chi connectivity index (χ4v) is 3.66. The molecule has 0 saturated carbocycles. The van der Waals surface area contributed by atoms with Gasteiger partial charge in [-0.25, -0.2) is 0 Å². The number of nitro groups is 1. The Labute approximate surface area is 152 Å². The minimum absolute atomic E-state index is 0.0934. The van der Waals surface area contributed by atoms with E-state index >= 15 is 0 Å². The van der Waals surface area contributed by atoms with Crippen LogP contribution in [0.5, 0.6) is 0 Å². The molecule has 0 spiro atoms. The lowest BCUT2D eigenvalue weighted by molar-refractivity contribution is -0.384. The quantitative estimate of drug-likeness (QED) is 0.506. The molecule has 1 aromatic heterocycles. The van der Waals surface area contributed by atoms with Gasteiger partial charge in [-0.05, 0) is 50.7 Å². The third-order valence-electron chi connectivity index (χ3n) is 4.18. The van der Waals surface area contributed by atoms with Crippen LogP contribution in [-0.4, -0.2) is 31.6 Å². The van der Waals surface area contributed by atoms with Crippen LogP contribution in [-0.2, 0) is 6.54 Å². The summed E-state index contributed by atoms with van der Waals surface area (Å²) in [6.45, 7) is 7.77. The Morgan fingerprint density at radius 3 is 2.72 bits per heavy atom. The van der Waals surface area contributed by atoms with Crippen molar-refractivity contribution in [1.29, 1.82) is 0 Å². The van der Waals surface area contributed by atoms with Crippen molar-refractivity contribution < 1.29 is 4.92 Å². The maximum absolute atomic E-state index is 11.2. The van der Waals surface area contributed by atoms with Gasteiger partial charge in [0.25, 0.3) is 5.69 Å². The van der Waals surface area contributed by atoms with Crippen molar-refractivity contribution in [3.8, 4) is 0 Å². The molecule has 2 aromatic rings. The molecule has 1 aliphatic rings. The number of benzene rings is 1. The third kappa shape index (κ3) is 3.66. The lowest BCUT2D eigenvalue weighted by Gasteiger charge is -2.40. The van der Waals surface area contributed by atoms with Gasteiger partial charge in [0.15, 0.2) is 5.11 Å². The number of hydrogen-bond donors (Lipinski definition) is 1. The first kappa shape index (κ1) is 17.4. The molecule has 3 rings (SSSR count). The van der Waals surface area contributed by atoms with Gasteiger partial charge in [-0.1, -0.05) is 12.1 Å². The molecule has 1 aromatic carbocycles. The van der Waals surface area contributed by atoms with Gasteiger partial charge in [-0.3, -0.25) is 10.1 Å². The van der Waals surface area contributed by atoms with Crippen molar-refractivity contribution in [3.63, 3.8) is 0 Å². The molecule has 0 saturated heterocycles. The second-order valence-electron chi connectivity index (χ2n) is 7.25. The molecule has 25 heavy (non-hydrogen) atoms. The molecule has 0 fully saturated rings. The highest BCUT2D eigenvalue weighted by atomic mass is 32.1. The van der Waals surface area contributed by atoms with Gasteiger partial charge >= 0.3 is 0 Å². The van der Waals surface area contributed by atoms with Gasteiger partial charge in [0.2, 0.25) is 0 Å². The van der Waals surface area contributed by atoms with E-state index in [-0.39, 0.29) is 22.2 Å². The molecular weight excluding hydrogens is 336 g/mol. The van der Waals surface area contributed by atoms with Crippen LogP contribution in [0.3, 0.4) is 0 Å².